The smallest absolute Gasteiger partial charge is 0.421 e. The van der Waals surface area contributed by atoms with Gasteiger partial charge >= 0.3 is 6.09 Å². The molecule has 0 aliphatic rings. The predicted octanol–water partition coefficient (Wildman–Crippen LogP) is 3.59. The van der Waals surface area contributed by atoms with Crippen LogP contribution >= 0.6 is 0 Å². The number of amides is 1. The Hall–Kier alpha value is -3.92. The molecule has 0 aliphatic carbocycles. The Bertz CT molecular complexity index is 1460. The zero-order valence-corrected chi connectivity index (χ0v) is 19.9. The van der Waals surface area contributed by atoms with Gasteiger partial charge in [-0.25, -0.2) is 27.9 Å². The molecule has 0 unspecified atom stereocenters. The second-order valence-corrected chi connectivity index (χ2v) is 9.71. The van der Waals surface area contributed by atoms with Gasteiger partial charge in [0, 0.05) is 12.1 Å². The predicted molar refractivity (Wildman–Crippen MR) is 129 cm³/mol. The summed E-state index contributed by atoms with van der Waals surface area (Å²) in [5.41, 5.74) is 12.1. The number of sulfonamides is 1. The number of carbonyl (C=O) groups is 1. The summed E-state index contributed by atoms with van der Waals surface area (Å²) >= 11 is 0. The van der Waals surface area contributed by atoms with Crippen LogP contribution in [-0.4, -0.2) is 35.7 Å². The van der Waals surface area contributed by atoms with E-state index in [2.05, 4.69) is 9.97 Å². The van der Waals surface area contributed by atoms with Crippen LogP contribution in [0.15, 0.2) is 59.5 Å². The van der Waals surface area contributed by atoms with Crippen LogP contribution in [0.2, 0.25) is 0 Å². The Kier molecular flexibility index (Phi) is 6.25. The number of carbonyl (C=O) groups excluding carboxylic acids is 1. The SMILES string of the molecule is Cc1ccc(S(=O)(=O)NC(=O)OCCc2ccc(-n3c(N)nc4c(C)cc(C)nc43)cc2)cc1. The fourth-order valence-corrected chi connectivity index (χ4v) is 4.51. The highest BCUT2D eigenvalue weighted by atomic mass is 32.2. The number of benzene rings is 2. The first-order valence-electron chi connectivity index (χ1n) is 10.6. The Morgan fingerprint density at radius 1 is 1.03 bits per heavy atom. The number of hydrogen-bond acceptors (Lipinski definition) is 7. The molecule has 0 atom stereocenters. The van der Waals surface area contributed by atoms with Crippen molar-refractivity contribution in [2.75, 3.05) is 12.3 Å². The average molecular weight is 480 g/mol. The van der Waals surface area contributed by atoms with Gasteiger partial charge in [-0.15, -0.1) is 0 Å². The van der Waals surface area contributed by atoms with Gasteiger partial charge in [-0.1, -0.05) is 29.8 Å². The molecule has 1 amide bonds. The number of nitrogens with two attached hydrogens (primary N) is 1. The lowest BCUT2D eigenvalue weighted by Gasteiger charge is -2.10. The van der Waals surface area contributed by atoms with Crippen molar-refractivity contribution in [3.05, 3.63) is 77.0 Å². The zero-order chi connectivity index (χ0) is 24.5. The summed E-state index contributed by atoms with van der Waals surface area (Å²) in [6.45, 7) is 5.75. The third-order valence-corrected chi connectivity index (χ3v) is 6.66. The number of hydrogen-bond donors (Lipinski definition) is 2. The van der Waals surface area contributed by atoms with E-state index in [0.717, 1.165) is 33.6 Å². The van der Waals surface area contributed by atoms with Crippen molar-refractivity contribution in [2.24, 2.45) is 0 Å². The highest BCUT2D eigenvalue weighted by Crippen LogP contribution is 2.24. The molecule has 2 heterocycles. The van der Waals surface area contributed by atoms with Crippen LogP contribution < -0.4 is 10.5 Å². The number of imidazole rings is 1. The summed E-state index contributed by atoms with van der Waals surface area (Å²) in [7, 11) is -3.98. The maximum absolute atomic E-state index is 12.3. The molecule has 2 aromatic carbocycles. The van der Waals surface area contributed by atoms with Crippen molar-refractivity contribution in [3.63, 3.8) is 0 Å². The lowest BCUT2D eigenvalue weighted by molar-refractivity contribution is 0.154. The Morgan fingerprint density at radius 2 is 1.71 bits per heavy atom. The van der Waals surface area contributed by atoms with Crippen molar-refractivity contribution >= 4 is 33.2 Å². The molecule has 0 spiro atoms. The summed E-state index contributed by atoms with van der Waals surface area (Å²) in [6.07, 6.45) is -0.610. The summed E-state index contributed by atoms with van der Waals surface area (Å²) < 4.78 is 33.3. The van der Waals surface area contributed by atoms with Crippen LogP contribution in [0.25, 0.3) is 16.9 Å². The molecule has 0 radical (unpaired) electrons. The lowest BCUT2D eigenvalue weighted by atomic mass is 10.1. The summed E-state index contributed by atoms with van der Waals surface area (Å²) in [5, 5.41) is 0. The monoisotopic (exact) mass is 479 g/mol. The van der Waals surface area contributed by atoms with E-state index in [1.807, 2.05) is 55.8 Å². The first-order valence-corrected chi connectivity index (χ1v) is 12.1. The highest BCUT2D eigenvalue weighted by molar-refractivity contribution is 7.90. The fraction of sp³-hybridized carbons (Fsp3) is 0.208. The zero-order valence-electron chi connectivity index (χ0n) is 19.1. The van der Waals surface area contributed by atoms with Crippen LogP contribution in [0.1, 0.15) is 22.4 Å². The Labute approximate surface area is 197 Å². The van der Waals surface area contributed by atoms with E-state index in [0.29, 0.717) is 18.0 Å². The molecular weight excluding hydrogens is 454 g/mol. The van der Waals surface area contributed by atoms with Crippen molar-refractivity contribution in [2.45, 2.75) is 32.1 Å². The quantitative estimate of drug-likeness (QED) is 0.432. The van der Waals surface area contributed by atoms with Gasteiger partial charge < -0.3 is 10.5 Å². The van der Waals surface area contributed by atoms with Crippen molar-refractivity contribution in [1.82, 2.24) is 19.3 Å². The third kappa shape index (κ3) is 4.86. The maximum Gasteiger partial charge on any atom is 0.421 e. The minimum absolute atomic E-state index is 0.00295. The number of pyridine rings is 1. The molecule has 176 valence electrons. The normalized spacial score (nSPS) is 11.5. The van der Waals surface area contributed by atoms with E-state index >= 15 is 0 Å². The molecule has 34 heavy (non-hydrogen) atoms. The summed E-state index contributed by atoms with van der Waals surface area (Å²) in [6, 6.07) is 15.7. The van der Waals surface area contributed by atoms with E-state index in [9.17, 15) is 13.2 Å². The second-order valence-electron chi connectivity index (χ2n) is 8.03. The minimum Gasteiger partial charge on any atom is -0.448 e. The second kappa shape index (κ2) is 9.14. The number of anilines is 1. The number of aromatic nitrogens is 3. The van der Waals surface area contributed by atoms with Crippen LogP contribution in [0.5, 0.6) is 0 Å². The molecule has 3 N–H and O–H groups in total. The van der Waals surface area contributed by atoms with Gasteiger partial charge in [0.15, 0.2) is 5.65 Å². The van der Waals surface area contributed by atoms with Crippen LogP contribution in [0.3, 0.4) is 0 Å². The van der Waals surface area contributed by atoms with E-state index in [1.165, 1.54) is 12.1 Å². The van der Waals surface area contributed by atoms with E-state index in [4.69, 9.17) is 10.5 Å². The number of ether oxygens (including phenoxy) is 1. The van der Waals surface area contributed by atoms with Crippen molar-refractivity contribution < 1.29 is 17.9 Å². The molecule has 0 fully saturated rings. The number of aryl methyl sites for hydroxylation is 3. The van der Waals surface area contributed by atoms with E-state index in [1.54, 1.807) is 16.7 Å². The molecule has 0 aliphatic heterocycles. The highest BCUT2D eigenvalue weighted by Gasteiger charge is 2.18. The Balaban J connectivity index is 1.39. The van der Waals surface area contributed by atoms with Gasteiger partial charge in [0.1, 0.15) is 5.52 Å². The van der Waals surface area contributed by atoms with Crippen LogP contribution in [0, 0.1) is 20.8 Å². The molecule has 0 saturated heterocycles. The van der Waals surface area contributed by atoms with Crippen LogP contribution in [-0.2, 0) is 21.2 Å². The largest absolute Gasteiger partial charge is 0.448 e. The molecule has 4 aromatic rings. The first-order chi connectivity index (χ1) is 16.1. The van der Waals surface area contributed by atoms with Gasteiger partial charge in [0.2, 0.25) is 5.95 Å². The Morgan fingerprint density at radius 3 is 2.38 bits per heavy atom. The van der Waals surface area contributed by atoms with Gasteiger partial charge in [0.05, 0.1) is 17.2 Å². The summed E-state index contributed by atoms with van der Waals surface area (Å²) in [4.78, 5) is 21.0. The molecule has 9 nitrogen and oxygen atoms in total. The van der Waals surface area contributed by atoms with E-state index < -0.39 is 16.1 Å². The minimum atomic E-state index is -3.98. The van der Waals surface area contributed by atoms with Crippen molar-refractivity contribution in [3.8, 4) is 5.69 Å². The van der Waals surface area contributed by atoms with Gasteiger partial charge in [0.25, 0.3) is 10.0 Å². The number of rotatable bonds is 6. The first kappa shape index (κ1) is 23.2. The number of nitrogen functional groups attached to an aromatic ring is 1. The number of nitrogens with zero attached hydrogens (tertiary/aromatic N) is 3. The third-order valence-electron chi connectivity index (χ3n) is 5.33. The van der Waals surface area contributed by atoms with Gasteiger partial charge in [-0.2, -0.15) is 0 Å². The van der Waals surface area contributed by atoms with Crippen LogP contribution in [0.4, 0.5) is 10.7 Å². The number of nitrogens with one attached hydrogen (secondary N) is 1. The summed E-state index contributed by atoms with van der Waals surface area (Å²) in [5.74, 6) is 0.346. The van der Waals surface area contributed by atoms with E-state index in [-0.39, 0.29) is 11.5 Å². The van der Waals surface area contributed by atoms with Crippen molar-refractivity contribution in [1.29, 1.82) is 0 Å². The molecule has 0 bridgehead atoms. The molecule has 0 saturated carbocycles. The molecular formula is C24H25N5O4S. The average Bonchev–Trinajstić information content (AvgIpc) is 3.10. The fourth-order valence-electron chi connectivity index (χ4n) is 3.62. The standard InChI is InChI=1S/C24H25N5O4S/c1-15-4-10-20(11-5-15)34(31,32)28-24(30)33-13-12-18-6-8-19(9-7-18)29-22-21(27-23(29)25)16(2)14-17(3)26-22/h4-11,14H,12-13H2,1-3H3,(H2,25,27)(H,28,30). The van der Waals surface area contributed by atoms with Gasteiger partial charge in [-0.05, 0) is 62.2 Å². The number of fused-ring (bicyclic) bond motifs is 1. The molecule has 2 aromatic heterocycles. The molecule has 10 heteroatoms. The topological polar surface area (TPSA) is 129 Å². The van der Waals surface area contributed by atoms with Gasteiger partial charge in [-0.3, -0.25) is 4.57 Å². The lowest BCUT2D eigenvalue weighted by Crippen LogP contribution is -2.31. The molecule has 4 rings (SSSR count). The maximum atomic E-state index is 12.3.